The van der Waals surface area contributed by atoms with Gasteiger partial charge in [0.2, 0.25) is 12.4 Å². The molecule has 1 aliphatic heterocycles. The third-order valence-corrected chi connectivity index (χ3v) is 6.85. The van der Waals surface area contributed by atoms with Gasteiger partial charge in [-0.05, 0) is 43.3 Å². The molecule has 3 N–H and O–H groups in total. The molecule has 1 aromatic heterocycles. The van der Waals surface area contributed by atoms with Crippen molar-refractivity contribution >= 4 is 23.7 Å². The number of hydrogen-bond acceptors (Lipinski definition) is 11. The smallest absolute Gasteiger partial charge is 0.351 e. The van der Waals surface area contributed by atoms with Crippen LogP contribution < -0.4 is 11.4 Å². The number of ether oxygens (including phenoxy) is 4. The predicted octanol–water partition coefficient (Wildman–Crippen LogP) is 2.87. The number of esters is 3. The molecule has 0 bridgehead atoms. The number of nitrogens with zero attached hydrogens (tertiary/aromatic N) is 2. The lowest BCUT2D eigenvalue weighted by molar-refractivity contribution is -0.150. The highest BCUT2D eigenvalue weighted by Crippen LogP contribution is 2.44. The molecule has 1 unspecified atom stereocenters. The summed E-state index contributed by atoms with van der Waals surface area (Å²) >= 11 is 0. The van der Waals surface area contributed by atoms with Crippen LogP contribution in [-0.2, 0) is 25.6 Å². The summed E-state index contributed by atoms with van der Waals surface area (Å²) in [6.07, 6.45) is -3.64. The zero-order valence-corrected chi connectivity index (χ0v) is 22.9. The van der Waals surface area contributed by atoms with Crippen LogP contribution in [0.3, 0.4) is 0 Å². The molecule has 12 nitrogen and oxygen atoms in total. The number of rotatable bonds is 8. The molecular formula is C31H27N3O9. The van der Waals surface area contributed by atoms with Gasteiger partial charge in [0.1, 0.15) is 5.82 Å². The fraction of sp³-hybridized carbons (Fsp3) is 0.194. The van der Waals surface area contributed by atoms with Crippen LogP contribution in [0.25, 0.3) is 0 Å². The van der Waals surface area contributed by atoms with Crippen LogP contribution in [0.2, 0.25) is 0 Å². The van der Waals surface area contributed by atoms with E-state index < -0.39 is 54.4 Å². The minimum absolute atomic E-state index is 0.0718. The summed E-state index contributed by atoms with van der Waals surface area (Å²) in [7, 11) is 0. The molecule has 220 valence electrons. The minimum Gasteiger partial charge on any atom is -0.448 e. The second-order valence-corrected chi connectivity index (χ2v) is 9.76. The van der Waals surface area contributed by atoms with E-state index in [1.807, 2.05) is 0 Å². The monoisotopic (exact) mass is 585 g/mol. The van der Waals surface area contributed by atoms with Gasteiger partial charge < -0.3 is 29.8 Å². The zero-order valence-electron chi connectivity index (χ0n) is 22.9. The number of benzene rings is 3. The Morgan fingerprint density at radius 1 is 0.860 bits per heavy atom. The Morgan fingerprint density at radius 2 is 1.35 bits per heavy atom. The van der Waals surface area contributed by atoms with Gasteiger partial charge >= 0.3 is 23.6 Å². The number of nitrogens with two attached hydrogens (primary N) is 1. The largest absolute Gasteiger partial charge is 0.448 e. The van der Waals surface area contributed by atoms with E-state index in [4.69, 9.17) is 24.7 Å². The maximum Gasteiger partial charge on any atom is 0.351 e. The molecule has 0 aliphatic carbocycles. The van der Waals surface area contributed by atoms with E-state index in [-0.39, 0.29) is 28.1 Å². The molecule has 4 atom stereocenters. The predicted molar refractivity (Wildman–Crippen MR) is 151 cm³/mol. The first-order valence-electron chi connectivity index (χ1n) is 13.2. The first-order chi connectivity index (χ1) is 20.7. The van der Waals surface area contributed by atoms with Crippen molar-refractivity contribution in [2.24, 2.45) is 0 Å². The number of aliphatic hydroxyl groups is 1. The highest BCUT2D eigenvalue weighted by molar-refractivity contribution is 5.91. The van der Waals surface area contributed by atoms with Gasteiger partial charge in [0.05, 0.1) is 23.3 Å². The topological polar surface area (TPSA) is 169 Å². The second-order valence-electron chi connectivity index (χ2n) is 9.76. The van der Waals surface area contributed by atoms with Crippen molar-refractivity contribution in [2.75, 3.05) is 5.73 Å². The van der Waals surface area contributed by atoms with Crippen LogP contribution in [0.4, 0.5) is 5.82 Å². The summed E-state index contributed by atoms with van der Waals surface area (Å²) in [5, 5.41) is 9.79. The summed E-state index contributed by atoms with van der Waals surface area (Å²) < 4.78 is 24.5. The lowest BCUT2D eigenvalue weighted by Gasteiger charge is -2.34. The van der Waals surface area contributed by atoms with Gasteiger partial charge in [-0.15, -0.1) is 0 Å². The van der Waals surface area contributed by atoms with Gasteiger partial charge in [0, 0.05) is 11.8 Å². The average molecular weight is 586 g/mol. The van der Waals surface area contributed by atoms with E-state index >= 15 is 0 Å². The molecule has 5 rings (SSSR count). The van der Waals surface area contributed by atoms with Gasteiger partial charge in [-0.25, -0.2) is 19.2 Å². The lowest BCUT2D eigenvalue weighted by atomic mass is 9.97. The van der Waals surface area contributed by atoms with Crippen LogP contribution >= 0.6 is 0 Å². The maximum absolute atomic E-state index is 13.4. The van der Waals surface area contributed by atoms with Gasteiger partial charge in [0.15, 0.2) is 11.8 Å². The van der Waals surface area contributed by atoms with E-state index in [9.17, 15) is 24.3 Å². The summed E-state index contributed by atoms with van der Waals surface area (Å²) in [6, 6.07) is 23.9. The fourth-order valence-electron chi connectivity index (χ4n) is 4.61. The summed E-state index contributed by atoms with van der Waals surface area (Å²) in [4.78, 5) is 56.7. The number of carbonyl (C=O) groups excluding carboxylic acids is 3. The zero-order chi connectivity index (χ0) is 30.6. The Kier molecular flexibility index (Phi) is 8.32. The van der Waals surface area contributed by atoms with E-state index in [0.29, 0.717) is 0 Å². The minimum atomic E-state index is -1.99. The highest BCUT2D eigenvalue weighted by Gasteiger charge is 2.62. The maximum atomic E-state index is 13.4. The van der Waals surface area contributed by atoms with Crippen molar-refractivity contribution in [3.63, 3.8) is 0 Å². The molecule has 12 heteroatoms. The molecule has 4 aromatic rings. The number of aliphatic hydroxyl groups excluding tert-OH is 1. The van der Waals surface area contributed by atoms with Crippen LogP contribution in [0.15, 0.2) is 102 Å². The van der Waals surface area contributed by atoms with E-state index in [1.54, 1.807) is 54.6 Å². The van der Waals surface area contributed by atoms with Crippen molar-refractivity contribution in [1.82, 2.24) is 9.55 Å². The molecule has 1 fully saturated rings. The summed E-state index contributed by atoms with van der Waals surface area (Å²) in [5.74, 6) is -2.73. The van der Waals surface area contributed by atoms with Crippen LogP contribution in [0.1, 0.15) is 49.8 Å². The number of anilines is 1. The summed E-state index contributed by atoms with van der Waals surface area (Å²) in [5.41, 5.74) is 3.42. The van der Waals surface area contributed by atoms with Crippen LogP contribution in [0, 0.1) is 0 Å². The lowest BCUT2D eigenvalue weighted by Crippen LogP contribution is -2.51. The Bertz CT molecular complexity index is 1680. The average Bonchev–Trinajstić information content (AvgIpc) is 3.28. The number of carbonyl (C=O) groups is 3. The number of aromatic nitrogens is 2. The van der Waals surface area contributed by atoms with Crippen molar-refractivity contribution in [1.29, 1.82) is 0 Å². The molecule has 0 spiro atoms. The molecule has 3 aromatic carbocycles. The van der Waals surface area contributed by atoms with E-state index in [1.165, 1.54) is 49.5 Å². The first kappa shape index (κ1) is 29.2. The first-order valence-corrected chi connectivity index (χ1v) is 13.2. The molecular weight excluding hydrogens is 558 g/mol. The molecule has 0 amide bonds. The number of nitrogen functional groups attached to an aromatic ring is 1. The van der Waals surface area contributed by atoms with E-state index in [0.717, 1.165) is 4.57 Å². The van der Waals surface area contributed by atoms with Crippen LogP contribution in [0.5, 0.6) is 0 Å². The second kappa shape index (κ2) is 12.3. The SMILES string of the molecule is C[C@@]1(OC(=O)c2ccccc2)[C@H](OC(=O)c2ccccc2)C(OC(=O)c2ccccc2)O[C@H]1n1cc(CO)c(N)nc1=O. The molecule has 1 saturated heterocycles. The Balaban J connectivity index is 1.62. The number of hydrogen-bond donors (Lipinski definition) is 2. The van der Waals surface area contributed by atoms with E-state index in [2.05, 4.69) is 4.98 Å². The van der Waals surface area contributed by atoms with Crippen molar-refractivity contribution in [2.45, 2.75) is 37.8 Å². The van der Waals surface area contributed by atoms with Gasteiger partial charge in [-0.1, -0.05) is 54.6 Å². The van der Waals surface area contributed by atoms with Gasteiger partial charge in [0.25, 0.3) is 0 Å². The van der Waals surface area contributed by atoms with Crippen LogP contribution in [-0.4, -0.2) is 50.6 Å². The Labute approximate surface area is 245 Å². The van der Waals surface area contributed by atoms with Crippen molar-refractivity contribution < 1.29 is 38.4 Å². The quantitative estimate of drug-likeness (QED) is 0.230. The normalized spacial score (nSPS) is 21.1. The molecule has 1 aliphatic rings. The molecule has 0 saturated carbocycles. The third kappa shape index (κ3) is 6.01. The third-order valence-electron chi connectivity index (χ3n) is 6.85. The fourth-order valence-corrected chi connectivity index (χ4v) is 4.61. The highest BCUT2D eigenvalue weighted by atomic mass is 16.8. The standard InChI is InChI=1S/C31H27N3O9/c1-31(43-27(38)21-15-9-4-10-16-21)23(40-25(36)19-11-5-2-6-12-19)28(41-26(37)20-13-7-3-8-14-20)42-29(31)34-17-22(18-35)24(32)33-30(34)39/h2-17,23,28-29,35H,18H2,1H3,(H2,32,33,39)/t23-,28?,29-,31-/m1/s1. The molecule has 2 heterocycles. The van der Waals surface area contributed by atoms with Gasteiger partial charge in [-0.2, -0.15) is 4.98 Å². The Hall–Kier alpha value is -5.33. The summed E-state index contributed by atoms with van der Waals surface area (Å²) in [6.45, 7) is 0.796. The van der Waals surface area contributed by atoms with Crippen molar-refractivity contribution in [3.05, 3.63) is 130 Å². The molecule has 0 radical (unpaired) electrons. The van der Waals surface area contributed by atoms with Gasteiger partial charge in [-0.3, -0.25) is 4.57 Å². The van der Waals surface area contributed by atoms with Crippen molar-refractivity contribution in [3.8, 4) is 0 Å². The Morgan fingerprint density at radius 3 is 1.86 bits per heavy atom. The molecule has 43 heavy (non-hydrogen) atoms.